The Labute approximate surface area is 146 Å². The van der Waals surface area contributed by atoms with Gasteiger partial charge >= 0.3 is 5.97 Å². The van der Waals surface area contributed by atoms with E-state index in [1.807, 2.05) is 35.0 Å². The number of carbonyl (C=O) groups is 2. The summed E-state index contributed by atoms with van der Waals surface area (Å²) in [6, 6.07) is 4.09. The molecule has 2 atom stereocenters. The number of rotatable bonds is 2. The lowest BCUT2D eigenvalue weighted by Crippen LogP contribution is -2.39. The molecule has 2 heterocycles. The SMILES string of the molecule is COC(=O)[C@@H]1CC[C@H](C(=O)N2CCCc3c2ccc2c3ncn2C)C1. The van der Waals surface area contributed by atoms with Crippen molar-refractivity contribution >= 4 is 28.6 Å². The number of amides is 1. The predicted molar refractivity (Wildman–Crippen MR) is 94.2 cm³/mol. The van der Waals surface area contributed by atoms with Crippen molar-refractivity contribution in [3.63, 3.8) is 0 Å². The number of benzene rings is 1. The lowest BCUT2D eigenvalue weighted by molar-refractivity contribution is -0.145. The number of methoxy groups -OCH3 is 1. The van der Waals surface area contributed by atoms with Crippen molar-refractivity contribution in [2.75, 3.05) is 18.6 Å². The Balaban J connectivity index is 1.62. The van der Waals surface area contributed by atoms with Crippen molar-refractivity contribution in [1.29, 1.82) is 0 Å². The quantitative estimate of drug-likeness (QED) is 0.787. The highest BCUT2D eigenvalue weighted by molar-refractivity contribution is 5.99. The number of hydrogen-bond donors (Lipinski definition) is 0. The zero-order chi connectivity index (χ0) is 17.6. The predicted octanol–water partition coefficient (Wildman–Crippen LogP) is 2.44. The number of hydrogen-bond acceptors (Lipinski definition) is 4. The molecule has 132 valence electrons. The molecule has 0 radical (unpaired) electrons. The summed E-state index contributed by atoms with van der Waals surface area (Å²) in [5, 5.41) is 0. The third-order valence-corrected chi connectivity index (χ3v) is 5.66. The molecule has 25 heavy (non-hydrogen) atoms. The van der Waals surface area contributed by atoms with Crippen LogP contribution in [0.3, 0.4) is 0 Å². The highest BCUT2D eigenvalue weighted by Crippen LogP contribution is 2.37. The number of ether oxygens (including phenoxy) is 1. The summed E-state index contributed by atoms with van der Waals surface area (Å²) in [6.45, 7) is 0.740. The molecule has 0 spiro atoms. The fourth-order valence-electron chi connectivity index (χ4n) is 4.32. The summed E-state index contributed by atoms with van der Waals surface area (Å²) in [6.07, 6.45) is 5.82. The third kappa shape index (κ3) is 2.60. The molecule has 6 heteroatoms. The van der Waals surface area contributed by atoms with Gasteiger partial charge in [-0.1, -0.05) is 0 Å². The molecule has 2 aliphatic rings. The Morgan fingerprint density at radius 2 is 2.04 bits per heavy atom. The van der Waals surface area contributed by atoms with Gasteiger partial charge in [0.2, 0.25) is 5.91 Å². The van der Waals surface area contributed by atoms with E-state index in [1.54, 1.807) is 0 Å². The Kier molecular flexibility index (Phi) is 3.98. The molecule has 1 aliphatic carbocycles. The van der Waals surface area contributed by atoms with Crippen molar-refractivity contribution in [3.8, 4) is 0 Å². The molecule has 2 aromatic rings. The van der Waals surface area contributed by atoms with E-state index in [0.717, 1.165) is 48.9 Å². The van der Waals surface area contributed by atoms with Gasteiger partial charge in [-0.3, -0.25) is 9.59 Å². The highest BCUT2D eigenvalue weighted by atomic mass is 16.5. The molecule has 1 saturated carbocycles. The van der Waals surface area contributed by atoms with E-state index in [-0.39, 0.29) is 23.7 Å². The average Bonchev–Trinajstić information content (AvgIpc) is 3.27. The molecule has 1 aromatic heterocycles. The van der Waals surface area contributed by atoms with Crippen LogP contribution >= 0.6 is 0 Å². The summed E-state index contributed by atoms with van der Waals surface area (Å²) < 4.78 is 6.85. The molecule has 1 fully saturated rings. The summed E-state index contributed by atoms with van der Waals surface area (Å²) in [5.41, 5.74) is 4.25. The molecule has 6 nitrogen and oxygen atoms in total. The number of esters is 1. The second-order valence-corrected chi connectivity index (χ2v) is 7.11. The molecular formula is C19H23N3O3. The lowest BCUT2D eigenvalue weighted by atomic mass is 9.97. The first kappa shape index (κ1) is 16.1. The van der Waals surface area contributed by atoms with Gasteiger partial charge < -0.3 is 14.2 Å². The first-order chi connectivity index (χ1) is 12.1. The van der Waals surface area contributed by atoms with Crippen LogP contribution in [0.25, 0.3) is 11.0 Å². The van der Waals surface area contributed by atoms with Gasteiger partial charge in [0.15, 0.2) is 0 Å². The van der Waals surface area contributed by atoms with Gasteiger partial charge in [-0.05, 0) is 44.2 Å². The van der Waals surface area contributed by atoms with Gasteiger partial charge in [-0.2, -0.15) is 0 Å². The average molecular weight is 341 g/mol. The fraction of sp³-hybridized carbons (Fsp3) is 0.526. The number of aryl methyl sites for hydroxylation is 2. The van der Waals surface area contributed by atoms with Crippen molar-refractivity contribution in [2.24, 2.45) is 18.9 Å². The van der Waals surface area contributed by atoms with Crippen LogP contribution in [0.1, 0.15) is 31.2 Å². The Morgan fingerprint density at radius 3 is 2.84 bits per heavy atom. The molecule has 4 rings (SSSR count). The van der Waals surface area contributed by atoms with Gasteiger partial charge in [-0.25, -0.2) is 4.98 Å². The molecule has 0 bridgehead atoms. The van der Waals surface area contributed by atoms with E-state index >= 15 is 0 Å². The zero-order valence-electron chi connectivity index (χ0n) is 14.7. The lowest BCUT2D eigenvalue weighted by Gasteiger charge is -2.31. The van der Waals surface area contributed by atoms with Crippen molar-refractivity contribution in [3.05, 3.63) is 24.0 Å². The Hall–Kier alpha value is -2.37. The standard InChI is InChI=1S/C19H23N3O3/c1-21-11-20-17-14-4-3-9-22(15(14)7-8-16(17)21)18(23)12-5-6-13(10-12)19(24)25-2/h7-8,11-13H,3-6,9-10H2,1-2H3/t12-,13+/m0/s1. The van der Waals surface area contributed by atoms with Crippen molar-refractivity contribution in [2.45, 2.75) is 32.1 Å². The number of carbonyl (C=O) groups excluding carboxylic acids is 2. The molecule has 0 N–H and O–H groups in total. The topological polar surface area (TPSA) is 64.4 Å². The maximum absolute atomic E-state index is 13.1. The minimum absolute atomic E-state index is 0.0884. The number of imidazole rings is 1. The minimum Gasteiger partial charge on any atom is -0.469 e. The van der Waals surface area contributed by atoms with Crippen LogP contribution in [0.2, 0.25) is 0 Å². The van der Waals surface area contributed by atoms with Crippen LogP contribution in [-0.2, 0) is 27.8 Å². The van der Waals surface area contributed by atoms with Crippen LogP contribution in [0.5, 0.6) is 0 Å². The first-order valence-electron chi connectivity index (χ1n) is 8.92. The number of nitrogens with zero attached hydrogens (tertiary/aromatic N) is 3. The number of fused-ring (bicyclic) bond motifs is 3. The number of aromatic nitrogens is 2. The van der Waals surface area contributed by atoms with E-state index in [0.29, 0.717) is 6.42 Å². The molecular weight excluding hydrogens is 318 g/mol. The van der Waals surface area contributed by atoms with E-state index in [2.05, 4.69) is 4.98 Å². The summed E-state index contributed by atoms with van der Waals surface area (Å²) >= 11 is 0. The Morgan fingerprint density at radius 1 is 1.24 bits per heavy atom. The second-order valence-electron chi connectivity index (χ2n) is 7.11. The number of anilines is 1. The van der Waals surface area contributed by atoms with E-state index in [9.17, 15) is 9.59 Å². The van der Waals surface area contributed by atoms with Gasteiger partial charge in [-0.15, -0.1) is 0 Å². The zero-order valence-corrected chi connectivity index (χ0v) is 14.7. The van der Waals surface area contributed by atoms with E-state index in [1.165, 1.54) is 12.7 Å². The monoisotopic (exact) mass is 341 g/mol. The molecule has 0 saturated heterocycles. The van der Waals surface area contributed by atoms with Gasteiger partial charge in [0.25, 0.3) is 0 Å². The van der Waals surface area contributed by atoms with Crippen molar-refractivity contribution < 1.29 is 14.3 Å². The second kappa shape index (κ2) is 6.17. The summed E-state index contributed by atoms with van der Waals surface area (Å²) in [7, 11) is 3.40. The smallest absolute Gasteiger partial charge is 0.308 e. The third-order valence-electron chi connectivity index (χ3n) is 5.66. The largest absolute Gasteiger partial charge is 0.469 e. The molecule has 0 unspecified atom stereocenters. The van der Waals surface area contributed by atoms with Gasteiger partial charge in [0.1, 0.15) is 0 Å². The van der Waals surface area contributed by atoms with Crippen LogP contribution in [-0.4, -0.2) is 35.1 Å². The van der Waals surface area contributed by atoms with Crippen molar-refractivity contribution in [1.82, 2.24) is 9.55 Å². The maximum atomic E-state index is 13.1. The Bertz CT molecular complexity index is 842. The fourth-order valence-corrected chi connectivity index (χ4v) is 4.32. The van der Waals surface area contributed by atoms with Crippen LogP contribution in [0, 0.1) is 11.8 Å². The van der Waals surface area contributed by atoms with Crippen LogP contribution < -0.4 is 4.90 Å². The molecule has 1 aromatic carbocycles. The summed E-state index contributed by atoms with van der Waals surface area (Å²) in [5.74, 6) is -0.275. The van der Waals surface area contributed by atoms with Gasteiger partial charge in [0.05, 0.1) is 30.4 Å². The maximum Gasteiger partial charge on any atom is 0.308 e. The first-order valence-corrected chi connectivity index (χ1v) is 8.92. The van der Waals surface area contributed by atoms with Crippen LogP contribution in [0.4, 0.5) is 5.69 Å². The van der Waals surface area contributed by atoms with Gasteiger partial charge in [0, 0.05) is 30.8 Å². The van der Waals surface area contributed by atoms with Crippen LogP contribution in [0.15, 0.2) is 18.5 Å². The highest BCUT2D eigenvalue weighted by Gasteiger charge is 2.38. The normalized spacial score (nSPS) is 22.9. The van der Waals surface area contributed by atoms with E-state index < -0.39 is 0 Å². The molecule has 1 aliphatic heterocycles. The van der Waals surface area contributed by atoms with E-state index in [4.69, 9.17) is 4.74 Å². The molecule has 1 amide bonds. The summed E-state index contributed by atoms with van der Waals surface area (Å²) in [4.78, 5) is 31.3. The minimum atomic E-state index is -0.190.